The lowest BCUT2D eigenvalue weighted by Crippen LogP contribution is -2.45. The largest absolute Gasteiger partial charge is 0.480 e. The molecule has 0 aliphatic carbocycles. The second-order valence-electron chi connectivity index (χ2n) is 6.22. The van der Waals surface area contributed by atoms with Gasteiger partial charge in [-0.1, -0.05) is 55.5 Å². The van der Waals surface area contributed by atoms with Crippen LogP contribution in [0.4, 0.5) is 0 Å². The zero-order chi connectivity index (χ0) is 16.4. The van der Waals surface area contributed by atoms with E-state index < -0.39 is 11.7 Å². The number of fused-ring (bicyclic) bond motifs is 1. The van der Waals surface area contributed by atoms with Crippen LogP contribution in [0.3, 0.4) is 0 Å². The standard InChI is InChI=1S/C19H21NO3/c1-13-15-10-6-7-11-16(15)23-17(13)18(21)20-12-19(2,22)14-8-4-3-5-9-14/h3-11,13,17,22H,12H2,1-2H3,(H,20,21). The molecular weight excluding hydrogens is 290 g/mol. The lowest BCUT2D eigenvalue weighted by atomic mass is 9.95. The summed E-state index contributed by atoms with van der Waals surface area (Å²) in [6.45, 7) is 3.81. The summed E-state index contributed by atoms with van der Waals surface area (Å²) < 4.78 is 5.76. The molecule has 0 aromatic heterocycles. The summed E-state index contributed by atoms with van der Waals surface area (Å²) >= 11 is 0. The maximum Gasteiger partial charge on any atom is 0.261 e. The van der Waals surface area contributed by atoms with Gasteiger partial charge in [-0.25, -0.2) is 0 Å². The molecule has 0 fully saturated rings. The number of para-hydroxylation sites is 1. The maximum atomic E-state index is 12.5. The van der Waals surface area contributed by atoms with E-state index in [4.69, 9.17) is 4.74 Å². The fourth-order valence-corrected chi connectivity index (χ4v) is 2.91. The quantitative estimate of drug-likeness (QED) is 0.912. The first kappa shape index (κ1) is 15.6. The van der Waals surface area contributed by atoms with Crippen LogP contribution in [0.2, 0.25) is 0 Å². The minimum Gasteiger partial charge on any atom is -0.480 e. The minimum absolute atomic E-state index is 0.00660. The summed E-state index contributed by atoms with van der Waals surface area (Å²) in [7, 11) is 0. The Morgan fingerprint density at radius 3 is 2.52 bits per heavy atom. The molecule has 1 amide bonds. The Hall–Kier alpha value is -2.33. The van der Waals surface area contributed by atoms with Gasteiger partial charge in [0.15, 0.2) is 6.10 Å². The van der Waals surface area contributed by atoms with Gasteiger partial charge in [0.25, 0.3) is 5.91 Å². The molecule has 0 bridgehead atoms. The molecule has 1 heterocycles. The van der Waals surface area contributed by atoms with Gasteiger partial charge in [-0.3, -0.25) is 4.79 Å². The number of ether oxygens (including phenoxy) is 1. The summed E-state index contributed by atoms with van der Waals surface area (Å²) in [4.78, 5) is 12.5. The second kappa shape index (κ2) is 6.05. The van der Waals surface area contributed by atoms with Crippen LogP contribution >= 0.6 is 0 Å². The molecule has 0 spiro atoms. The summed E-state index contributed by atoms with van der Waals surface area (Å²) in [6, 6.07) is 17.0. The molecule has 4 nitrogen and oxygen atoms in total. The molecular formula is C19H21NO3. The molecule has 4 heteroatoms. The van der Waals surface area contributed by atoms with Gasteiger partial charge in [0.2, 0.25) is 0 Å². The van der Waals surface area contributed by atoms with E-state index in [0.29, 0.717) is 0 Å². The number of hydrogen-bond acceptors (Lipinski definition) is 3. The van der Waals surface area contributed by atoms with Crippen molar-refractivity contribution in [2.24, 2.45) is 0 Å². The van der Waals surface area contributed by atoms with Crippen LogP contribution in [0.1, 0.15) is 30.9 Å². The molecule has 1 aliphatic rings. The van der Waals surface area contributed by atoms with Crippen molar-refractivity contribution in [3.63, 3.8) is 0 Å². The molecule has 3 atom stereocenters. The third-order valence-electron chi connectivity index (χ3n) is 4.38. The first-order chi connectivity index (χ1) is 11.0. The number of amides is 1. The minimum atomic E-state index is -1.12. The van der Waals surface area contributed by atoms with Crippen molar-refractivity contribution in [2.75, 3.05) is 6.54 Å². The SMILES string of the molecule is CC1c2ccccc2OC1C(=O)NCC(C)(O)c1ccccc1. The predicted octanol–water partition coefficient (Wildman–Crippen LogP) is 2.58. The number of aliphatic hydroxyl groups is 1. The van der Waals surface area contributed by atoms with Crippen LogP contribution in [-0.2, 0) is 10.4 Å². The van der Waals surface area contributed by atoms with Crippen molar-refractivity contribution in [2.45, 2.75) is 31.5 Å². The topological polar surface area (TPSA) is 58.6 Å². The normalized spacial score (nSPS) is 21.9. The lowest BCUT2D eigenvalue weighted by molar-refractivity contribution is -0.129. The molecule has 3 rings (SSSR count). The molecule has 0 saturated carbocycles. The Morgan fingerprint density at radius 1 is 1.17 bits per heavy atom. The van der Waals surface area contributed by atoms with Gasteiger partial charge in [0.1, 0.15) is 11.4 Å². The average Bonchev–Trinajstić information content (AvgIpc) is 2.91. The second-order valence-corrected chi connectivity index (χ2v) is 6.22. The van der Waals surface area contributed by atoms with Crippen LogP contribution < -0.4 is 10.1 Å². The molecule has 2 aromatic rings. The number of carbonyl (C=O) groups excluding carboxylic acids is 1. The number of nitrogens with one attached hydrogen (secondary N) is 1. The molecule has 120 valence electrons. The molecule has 23 heavy (non-hydrogen) atoms. The van der Waals surface area contributed by atoms with E-state index in [9.17, 15) is 9.90 Å². The van der Waals surface area contributed by atoms with Gasteiger partial charge in [0, 0.05) is 11.5 Å². The monoisotopic (exact) mass is 311 g/mol. The van der Waals surface area contributed by atoms with E-state index in [-0.39, 0.29) is 18.4 Å². The molecule has 2 aromatic carbocycles. The molecule has 0 saturated heterocycles. The van der Waals surface area contributed by atoms with E-state index >= 15 is 0 Å². The van der Waals surface area contributed by atoms with E-state index in [0.717, 1.165) is 16.9 Å². The van der Waals surface area contributed by atoms with Crippen LogP contribution in [0, 0.1) is 0 Å². The summed E-state index contributed by atoms with van der Waals surface area (Å²) in [5.74, 6) is 0.549. The molecule has 3 unspecified atom stereocenters. The Balaban J connectivity index is 1.65. The van der Waals surface area contributed by atoms with Crippen molar-refractivity contribution in [3.8, 4) is 5.75 Å². The average molecular weight is 311 g/mol. The van der Waals surface area contributed by atoms with Crippen molar-refractivity contribution in [1.82, 2.24) is 5.32 Å². The molecule has 0 radical (unpaired) electrons. The summed E-state index contributed by atoms with van der Waals surface area (Å²) in [5.41, 5.74) is 0.692. The van der Waals surface area contributed by atoms with Crippen molar-refractivity contribution in [1.29, 1.82) is 0 Å². The first-order valence-electron chi connectivity index (χ1n) is 7.80. The van der Waals surface area contributed by atoms with E-state index in [2.05, 4.69) is 5.32 Å². The zero-order valence-corrected chi connectivity index (χ0v) is 13.3. The van der Waals surface area contributed by atoms with E-state index in [1.54, 1.807) is 6.92 Å². The third-order valence-corrected chi connectivity index (χ3v) is 4.38. The van der Waals surface area contributed by atoms with E-state index in [1.165, 1.54) is 0 Å². The van der Waals surface area contributed by atoms with Crippen molar-refractivity contribution < 1.29 is 14.6 Å². The van der Waals surface area contributed by atoms with Gasteiger partial charge >= 0.3 is 0 Å². The van der Waals surface area contributed by atoms with Crippen LogP contribution in [0.15, 0.2) is 54.6 Å². The van der Waals surface area contributed by atoms with Gasteiger partial charge < -0.3 is 15.2 Å². The van der Waals surface area contributed by atoms with Crippen molar-refractivity contribution in [3.05, 3.63) is 65.7 Å². The fourth-order valence-electron chi connectivity index (χ4n) is 2.91. The summed E-state index contributed by atoms with van der Waals surface area (Å²) in [6.07, 6.45) is -0.557. The fraction of sp³-hybridized carbons (Fsp3) is 0.316. The van der Waals surface area contributed by atoms with Gasteiger partial charge in [-0.15, -0.1) is 0 Å². The highest BCUT2D eigenvalue weighted by Gasteiger charge is 2.36. The number of carbonyl (C=O) groups is 1. The highest BCUT2D eigenvalue weighted by atomic mass is 16.5. The van der Waals surface area contributed by atoms with Crippen LogP contribution in [0.25, 0.3) is 0 Å². The summed E-state index contributed by atoms with van der Waals surface area (Å²) in [5, 5.41) is 13.4. The Morgan fingerprint density at radius 2 is 1.83 bits per heavy atom. The Labute approximate surface area is 136 Å². The highest BCUT2D eigenvalue weighted by Crippen LogP contribution is 2.37. The highest BCUT2D eigenvalue weighted by molar-refractivity contribution is 5.83. The van der Waals surface area contributed by atoms with Crippen molar-refractivity contribution >= 4 is 5.91 Å². The lowest BCUT2D eigenvalue weighted by Gasteiger charge is -2.25. The number of hydrogen-bond donors (Lipinski definition) is 2. The maximum absolute atomic E-state index is 12.5. The first-order valence-corrected chi connectivity index (χ1v) is 7.80. The Bertz CT molecular complexity index is 697. The van der Waals surface area contributed by atoms with E-state index in [1.807, 2.05) is 61.5 Å². The predicted molar refractivity (Wildman–Crippen MR) is 88.3 cm³/mol. The number of benzene rings is 2. The molecule has 2 N–H and O–H groups in total. The van der Waals surface area contributed by atoms with Gasteiger partial charge in [-0.2, -0.15) is 0 Å². The van der Waals surface area contributed by atoms with Gasteiger partial charge in [0.05, 0.1) is 6.54 Å². The zero-order valence-electron chi connectivity index (χ0n) is 13.3. The number of rotatable bonds is 4. The third kappa shape index (κ3) is 3.08. The molecule has 1 aliphatic heterocycles. The van der Waals surface area contributed by atoms with Crippen LogP contribution in [-0.4, -0.2) is 23.7 Å². The van der Waals surface area contributed by atoms with Crippen LogP contribution in [0.5, 0.6) is 5.75 Å². The van der Waals surface area contributed by atoms with Gasteiger partial charge in [-0.05, 0) is 18.6 Å². The smallest absolute Gasteiger partial charge is 0.261 e. The Kier molecular flexibility index (Phi) is 4.09.